The smallest absolute Gasteiger partial charge is 0.353 e. The first kappa shape index (κ1) is 16.7. The fourth-order valence-electron chi connectivity index (χ4n) is 1.01. The molecule has 8 heteroatoms. The van der Waals surface area contributed by atoms with Crippen molar-refractivity contribution < 1.29 is 22.8 Å². The van der Waals surface area contributed by atoms with Gasteiger partial charge in [-0.15, -0.1) is 0 Å². The molecule has 0 aromatic rings. The first-order valence-corrected chi connectivity index (χ1v) is 5.49. The van der Waals surface area contributed by atoms with Crippen LogP contribution in [0.25, 0.3) is 0 Å². The van der Waals surface area contributed by atoms with Gasteiger partial charge in [0.05, 0.1) is 12.6 Å². The molecule has 0 aliphatic heterocycles. The summed E-state index contributed by atoms with van der Waals surface area (Å²) >= 11 is 0. The second-order valence-corrected chi connectivity index (χ2v) is 4.16. The average Bonchev–Trinajstić information content (AvgIpc) is 2.20. The van der Waals surface area contributed by atoms with Crippen molar-refractivity contribution in [1.82, 2.24) is 16.0 Å². The van der Waals surface area contributed by atoms with Crippen LogP contribution in [0.1, 0.15) is 20.8 Å². The molecule has 1 atom stereocenters. The molecular formula is C10H18F3N3O2. The summed E-state index contributed by atoms with van der Waals surface area (Å²) in [6.07, 6.45) is -4.43. The maximum absolute atomic E-state index is 11.8. The van der Waals surface area contributed by atoms with Gasteiger partial charge in [-0.2, -0.15) is 13.2 Å². The number of amides is 2. The van der Waals surface area contributed by atoms with Gasteiger partial charge in [-0.3, -0.25) is 14.9 Å². The van der Waals surface area contributed by atoms with Crippen molar-refractivity contribution in [3.63, 3.8) is 0 Å². The van der Waals surface area contributed by atoms with Crippen LogP contribution >= 0.6 is 0 Å². The first-order chi connectivity index (χ1) is 8.11. The standard InChI is InChI=1S/C10H18F3N3O2/c1-6(2)16-9(18)7(3)14-4-8(17)15-5-10(11,12)13/h6-7,14H,4-5H2,1-3H3,(H,15,17)(H,16,18). The zero-order valence-corrected chi connectivity index (χ0v) is 10.5. The van der Waals surface area contributed by atoms with Gasteiger partial charge in [0, 0.05) is 6.04 Å². The predicted octanol–water partition coefficient (Wildman–Crippen LogP) is 0.168. The molecule has 0 radical (unpaired) electrons. The van der Waals surface area contributed by atoms with Gasteiger partial charge in [-0.05, 0) is 20.8 Å². The highest BCUT2D eigenvalue weighted by molar-refractivity contribution is 5.83. The zero-order valence-electron chi connectivity index (χ0n) is 10.5. The number of carbonyl (C=O) groups excluding carboxylic acids is 2. The van der Waals surface area contributed by atoms with Crippen LogP contribution < -0.4 is 16.0 Å². The number of hydrogen-bond acceptors (Lipinski definition) is 3. The van der Waals surface area contributed by atoms with Gasteiger partial charge in [-0.1, -0.05) is 0 Å². The summed E-state index contributed by atoms with van der Waals surface area (Å²) < 4.78 is 35.4. The third-order valence-electron chi connectivity index (χ3n) is 1.88. The highest BCUT2D eigenvalue weighted by Gasteiger charge is 2.27. The number of carbonyl (C=O) groups is 2. The van der Waals surface area contributed by atoms with Gasteiger partial charge in [0.1, 0.15) is 6.54 Å². The Morgan fingerprint density at radius 2 is 1.72 bits per heavy atom. The summed E-state index contributed by atoms with van der Waals surface area (Å²) in [4.78, 5) is 22.4. The Labute approximate surface area is 103 Å². The number of nitrogens with one attached hydrogen (secondary N) is 3. The maximum atomic E-state index is 11.8. The molecule has 2 amide bonds. The third-order valence-corrected chi connectivity index (χ3v) is 1.88. The van der Waals surface area contributed by atoms with Crippen LogP contribution in [-0.2, 0) is 9.59 Å². The molecule has 0 aromatic heterocycles. The van der Waals surface area contributed by atoms with Crippen LogP contribution in [0.2, 0.25) is 0 Å². The minimum absolute atomic E-state index is 0.0409. The minimum atomic E-state index is -4.43. The predicted molar refractivity (Wildman–Crippen MR) is 59.8 cm³/mol. The lowest BCUT2D eigenvalue weighted by molar-refractivity contribution is -0.138. The lowest BCUT2D eigenvalue weighted by Crippen LogP contribution is -2.48. The third kappa shape index (κ3) is 8.80. The quantitative estimate of drug-likeness (QED) is 0.643. The van der Waals surface area contributed by atoms with Crippen LogP contribution in [0, 0.1) is 0 Å². The van der Waals surface area contributed by atoms with E-state index < -0.39 is 24.7 Å². The van der Waals surface area contributed by atoms with Crippen molar-refractivity contribution >= 4 is 11.8 Å². The molecule has 0 aliphatic rings. The largest absolute Gasteiger partial charge is 0.405 e. The highest BCUT2D eigenvalue weighted by atomic mass is 19.4. The van der Waals surface area contributed by atoms with Gasteiger partial charge in [0.25, 0.3) is 0 Å². The Balaban J connectivity index is 3.88. The SMILES string of the molecule is CC(C)NC(=O)C(C)NCC(=O)NCC(F)(F)F. The van der Waals surface area contributed by atoms with Gasteiger partial charge in [0.15, 0.2) is 0 Å². The van der Waals surface area contributed by atoms with E-state index in [1.54, 1.807) is 19.2 Å². The topological polar surface area (TPSA) is 70.2 Å². The lowest BCUT2D eigenvalue weighted by atomic mass is 10.3. The molecule has 0 saturated heterocycles. The van der Waals surface area contributed by atoms with Gasteiger partial charge in [0.2, 0.25) is 11.8 Å². The van der Waals surface area contributed by atoms with Crippen LogP contribution in [0.3, 0.4) is 0 Å². The molecule has 0 aliphatic carbocycles. The molecular weight excluding hydrogens is 251 g/mol. The number of hydrogen-bond donors (Lipinski definition) is 3. The molecule has 0 aromatic carbocycles. The Bertz CT molecular complexity index is 293. The van der Waals surface area contributed by atoms with Gasteiger partial charge >= 0.3 is 6.18 Å². The molecule has 1 unspecified atom stereocenters. The molecule has 106 valence electrons. The second-order valence-electron chi connectivity index (χ2n) is 4.16. The van der Waals surface area contributed by atoms with E-state index in [1.165, 1.54) is 6.92 Å². The van der Waals surface area contributed by atoms with E-state index in [0.29, 0.717) is 0 Å². The van der Waals surface area contributed by atoms with Crippen molar-refractivity contribution in [1.29, 1.82) is 0 Å². The molecule has 0 saturated carbocycles. The number of alkyl halides is 3. The number of halogens is 3. The summed E-state index contributed by atoms with van der Waals surface area (Å²) in [6.45, 7) is 3.36. The Kier molecular flexibility index (Phi) is 6.67. The maximum Gasteiger partial charge on any atom is 0.405 e. The van der Waals surface area contributed by atoms with Gasteiger partial charge < -0.3 is 10.6 Å². The van der Waals surface area contributed by atoms with E-state index in [2.05, 4.69) is 10.6 Å². The summed E-state index contributed by atoms with van der Waals surface area (Å²) in [5, 5.41) is 6.84. The molecule has 3 N–H and O–H groups in total. The number of rotatable bonds is 6. The lowest BCUT2D eigenvalue weighted by Gasteiger charge is -2.16. The first-order valence-electron chi connectivity index (χ1n) is 5.49. The second kappa shape index (κ2) is 7.20. The van der Waals surface area contributed by atoms with E-state index >= 15 is 0 Å². The summed E-state index contributed by atoms with van der Waals surface area (Å²) in [5.74, 6) is -1.12. The fraction of sp³-hybridized carbons (Fsp3) is 0.800. The summed E-state index contributed by atoms with van der Waals surface area (Å²) in [5.41, 5.74) is 0. The Hall–Kier alpha value is -1.31. The minimum Gasteiger partial charge on any atom is -0.353 e. The molecule has 0 fully saturated rings. The monoisotopic (exact) mass is 269 g/mol. The molecule has 18 heavy (non-hydrogen) atoms. The van der Waals surface area contributed by atoms with Crippen LogP contribution in [0.15, 0.2) is 0 Å². The van der Waals surface area contributed by atoms with Crippen molar-refractivity contribution in [2.45, 2.75) is 39.0 Å². The van der Waals surface area contributed by atoms with Crippen LogP contribution in [-0.4, -0.2) is 43.2 Å². The van der Waals surface area contributed by atoms with Crippen molar-refractivity contribution in [3.8, 4) is 0 Å². The van der Waals surface area contributed by atoms with E-state index in [-0.39, 0.29) is 18.5 Å². The zero-order chi connectivity index (χ0) is 14.3. The van der Waals surface area contributed by atoms with Crippen molar-refractivity contribution in [2.24, 2.45) is 0 Å². The molecule has 0 rings (SSSR count). The van der Waals surface area contributed by atoms with E-state index in [0.717, 1.165) is 0 Å². The Morgan fingerprint density at radius 1 is 1.17 bits per heavy atom. The van der Waals surface area contributed by atoms with Crippen LogP contribution in [0.4, 0.5) is 13.2 Å². The summed E-state index contributed by atoms with van der Waals surface area (Å²) in [6, 6.07) is -0.690. The van der Waals surface area contributed by atoms with Crippen molar-refractivity contribution in [2.75, 3.05) is 13.1 Å². The highest BCUT2D eigenvalue weighted by Crippen LogP contribution is 2.11. The molecule has 5 nitrogen and oxygen atoms in total. The van der Waals surface area contributed by atoms with Gasteiger partial charge in [-0.25, -0.2) is 0 Å². The Morgan fingerprint density at radius 3 is 2.17 bits per heavy atom. The van der Waals surface area contributed by atoms with E-state index in [1.807, 2.05) is 0 Å². The van der Waals surface area contributed by atoms with E-state index in [9.17, 15) is 22.8 Å². The van der Waals surface area contributed by atoms with Crippen molar-refractivity contribution in [3.05, 3.63) is 0 Å². The van der Waals surface area contributed by atoms with E-state index in [4.69, 9.17) is 0 Å². The molecule has 0 bridgehead atoms. The summed E-state index contributed by atoms with van der Waals surface area (Å²) in [7, 11) is 0. The molecule has 0 heterocycles. The normalized spacial score (nSPS) is 13.3. The average molecular weight is 269 g/mol. The fourth-order valence-corrected chi connectivity index (χ4v) is 1.01. The van der Waals surface area contributed by atoms with Crippen LogP contribution in [0.5, 0.6) is 0 Å². The molecule has 0 spiro atoms.